The molecule has 0 radical (unpaired) electrons. The third kappa shape index (κ3) is 3.05. The minimum atomic E-state index is -1.66. The van der Waals surface area contributed by atoms with Gasteiger partial charge in [0.25, 0.3) is 0 Å². The first-order valence-electron chi connectivity index (χ1n) is 14.4. The third-order valence-electron chi connectivity index (χ3n) is 11.1. The van der Waals surface area contributed by atoms with Crippen LogP contribution in [0.15, 0.2) is 35.9 Å². The average molecular weight is 551 g/mol. The molecule has 7 atom stereocenters. The molecule has 3 heterocycles. The average Bonchev–Trinajstić information content (AvgIpc) is 3.50. The molecule has 9 heteroatoms. The summed E-state index contributed by atoms with van der Waals surface area (Å²) in [5.41, 5.74) is 0.0962. The second-order valence-corrected chi connectivity index (χ2v) is 13.3. The van der Waals surface area contributed by atoms with Gasteiger partial charge in [0.1, 0.15) is 17.8 Å². The molecule has 5 aliphatic rings. The number of ketones is 1. The molecule has 1 aromatic carbocycles. The van der Waals surface area contributed by atoms with Crippen molar-refractivity contribution in [1.82, 2.24) is 10.3 Å². The van der Waals surface area contributed by atoms with Gasteiger partial charge >= 0.3 is 0 Å². The van der Waals surface area contributed by atoms with E-state index >= 15 is 0 Å². The van der Waals surface area contributed by atoms with Crippen LogP contribution in [0, 0.1) is 11.3 Å². The lowest BCUT2D eigenvalue weighted by Crippen LogP contribution is -2.75. The molecule has 40 heavy (non-hydrogen) atoms. The largest absolute Gasteiger partial charge is 0.395 e. The maximum absolute atomic E-state index is 13.4. The molecule has 2 bridgehead atoms. The molecule has 2 aliphatic heterocycles. The van der Waals surface area contributed by atoms with Crippen molar-refractivity contribution in [3.05, 3.63) is 47.2 Å². The summed E-state index contributed by atoms with van der Waals surface area (Å²) in [4.78, 5) is 29.7. The number of nitrogens with one attached hydrogen (secondary N) is 2. The van der Waals surface area contributed by atoms with Crippen molar-refractivity contribution in [3.63, 3.8) is 0 Å². The second-order valence-electron chi connectivity index (χ2n) is 13.3. The lowest BCUT2D eigenvalue weighted by molar-refractivity contribution is -0.279. The number of aromatic nitrogens is 1. The van der Waals surface area contributed by atoms with E-state index in [0.29, 0.717) is 24.8 Å². The smallest absolute Gasteiger partial charge is 0.246 e. The zero-order chi connectivity index (χ0) is 28.3. The van der Waals surface area contributed by atoms with E-state index < -0.39 is 40.0 Å². The van der Waals surface area contributed by atoms with Gasteiger partial charge in [-0.3, -0.25) is 9.59 Å². The van der Waals surface area contributed by atoms with Crippen LogP contribution in [-0.2, 0) is 35.6 Å². The Kier molecular flexibility index (Phi) is 5.44. The Morgan fingerprint density at radius 3 is 2.75 bits per heavy atom. The predicted molar refractivity (Wildman–Crippen MR) is 145 cm³/mol. The monoisotopic (exact) mass is 550 g/mol. The van der Waals surface area contributed by atoms with Crippen LogP contribution in [0.2, 0.25) is 0 Å². The fourth-order valence-corrected chi connectivity index (χ4v) is 9.01. The van der Waals surface area contributed by atoms with E-state index in [1.165, 1.54) is 10.9 Å². The highest BCUT2D eigenvalue weighted by Gasteiger charge is 2.78. The fraction of sp³-hybridized carbons (Fsp3) is 0.613. The molecule has 1 saturated heterocycles. The number of ether oxygens (including phenoxy) is 3. The fourth-order valence-electron chi connectivity index (χ4n) is 9.01. The van der Waals surface area contributed by atoms with Crippen LogP contribution in [0.1, 0.15) is 58.2 Å². The van der Waals surface area contributed by atoms with Gasteiger partial charge in [0, 0.05) is 46.0 Å². The topological polar surface area (TPSA) is 130 Å². The van der Waals surface area contributed by atoms with Crippen LogP contribution in [0.5, 0.6) is 0 Å². The molecule has 3 unspecified atom stereocenters. The van der Waals surface area contributed by atoms with Crippen molar-refractivity contribution < 1.29 is 34.0 Å². The molecular weight excluding hydrogens is 512 g/mol. The first-order chi connectivity index (χ1) is 18.9. The molecule has 2 aromatic rings. The summed E-state index contributed by atoms with van der Waals surface area (Å²) in [7, 11) is 0. The van der Waals surface area contributed by atoms with Gasteiger partial charge in [0.2, 0.25) is 5.91 Å². The molecular formula is C31H38N2O7. The Hall–Kier alpha value is -2.56. The Labute approximate surface area is 233 Å². The number of hydrogen-bond acceptors (Lipinski definition) is 7. The third-order valence-corrected chi connectivity index (χ3v) is 11.1. The van der Waals surface area contributed by atoms with Crippen molar-refractivity contribution in [2.45, 2.75) is 88.0 Å². The Morgan fingerprint density at radius 1 is 1.20 bits per heavy atom. The highest BCUT2D eigenvalue weighted by molar-refractivity contribution is 5.97. The molecule has 4 N–H and O–H groups in total. The van der Waals surface area contributed by atoms with E-state index in [0.717, 1.165) is 17.6 Å². The molecule has 7 rings (SSSR count). The molecule has 2 saturated carbocycles. The molecule has 3 fully saturated rings. The number of aliphatic hydroxyl groups is 2. The number of rotatable bonds is 5. The van der Waals surface area contributed by atoms with Crippen molar-refractivity contribution in [2.75, 3.05) is 19.8 Å². The van der Waals surface area contributed by atoms with Gasteiger partial charge in [-0.1, -0.05) is 32.0 Å². The van der Waals surface area contributed by atoms with Gasteiger partial charge in [-0.15, -0.1) is 0 Å². The van der Waals surface area contributed by atoms with Gasteiger partial charge in [-0.05, 0) is 56.7 Å². The van der Waals surface area contributed by atoms with Crippen molar-refractivity contribution >= 4 is 22.6 Å². The zero-order valence-corrected chi connectivity index (χ0v) is 23.5. The van der Waals surface area contributed by atoms with Crippen LogP contribution in [0.25, 0.3) is 10.9 Å². The first kappa shape index (κ1) is 26.3. The van der Waals surface area contributed by atoms with Gasteiger partial charge in [-0.2, -0.15) is 0 Å². The number of para-hydroxylation sites is 1. The van der Waals surface area contributed by atoms with Gasteiger partial charge in [0.15, 0.2) is 17.7 Å². The van der Waals surface area contributed by atoms with Crippen LogP contribution in [0.3, 0.4) is 0 Å². The molecule has 3 aliphatic carbocycles. The molecule has 9 nitrogen and oxygen atoms in total. The highest BCUT2D eigenvalue weighted by atomic mass is 16.8. The van der Waals surface area contributed by atoms with Gasteiger partial charge < -0.3 is 34.7 Å². The van der Waals surface area contributed by atoms with Crippen LogP contribution in [0.4, 0.5) is 0 Å². The Balaban J connectivity index is 1.38. The van der Waals surface area contributed by atoms with E-state index in [1.54, 1.807) is 6.08 Å². The minimum absolute atomic E-state index is 0.123. The van der Waals surface area contributed by atoms with Crippen LogP contribution < -0.4 is 5.32 Å². The van der Waals surface area contributed by atoms with E-state index in [9.17, 15) is 14.7 Å². The summed E-state index contributed by atoms with van der Waals surface area (Å²) in [6.07, 6.45) is 2.39. The number of hydrogen-bond donors (Lipinski definition) is 4. The summed E-state index contributed by atoms with van der Waals surface area (Å²) in [6.45, 7) is 7.72. The van der Waals surface area contributed by atoms with Crippen molar-refractivity contribution in [1.29, 1.82) is 0 Å². The number of benzene rings is 1. The normalized spacial score (nSPS) is 40.7. The number of aliphatic hydroxyl groups excluding tert-OH is 1. The summed E-state index contributed by atoms with van der Waals surface area (Å²) in [5, 5.41) is 26.2. The highest BCUT2D eigenvalue weighted by Crippen LogP contribution is 2.72. The number of fused-ring (bicyclic) bond motifs is 9. The van der Waals surface area contributed by atoms with Crippen molar-refractivity contribution in [3.8, 4) is 0 Å². The molecule has 1 spiro atoms. The number of H-pyrrole nitrogens is 1. The first-order valence-corrected chi connectivity index (χ1v) is 14.4. The molecule has 1 amide bonds. The van der Waals surface area contributed by atoms with Crippen LogP contribution >= 0.6 is 0 Å². The van der Waals surface area contributed by atoms with E-state index in [4.69, 9.17) is 19.3 Å². The molecule has 214 valence electrons. The van der Waals surface area contributed by atoms with Crippen LogP contribution in [-0.4, -0.2) is 75.8 Å². The van der Waals surface area contributed by atoms with E-state index in [-0.39, 0.29) is 37.4 Å². The Bertz CT molecular complexity index is 1460. The lowest BCUT2D eigenvalue weighted by Gasteiger charge is -2.67. The molecule has 1 aromatic heterocycles. The van der Waals surface area contributed by atoms with Gasteiger partial charge in [-0.25, -0.2) is 0 Å². The summed E-state index contributed by atoms with van der Waals surface area (Å²) in [6, 6.07) is 8.29. The maximum Gasteiger partial charge on any atom is 0.246 e. The number of carbonyl (C=O) groups is 2. The van der Waals surface area contributed by atoms with E-state index in [2.05, 4.69) is 36.3 Å². The number of amides is 1. The summed E-state index contributed by atoms with van der Waals surface area (Å²) < 4.78 is 19.3. The standard InChI is InChI=1S/C31H38N2O7/c1-27(2)26-21(35)15-22-30(39-26,40-27)10-9-28(3)29(4)17(13-19-18-7-5-6-8-20(18)33-25(19)29)14-23(31(22,28)37)38-16-24(36)32-11-12-34/h5-8,15,17,23,26,33-34,37H,9-14,16H2,1-4H3,(H,32,36)/t17?,23-,26?,28?,29+,30-,31-/m0/s1. The minimum Gasteiger partial charge on any atom is -0.395 e. The van der Waals surface area contributed by atoms with E-state index in [1.807, 2.05) is 26.0 Å². The summed E-state index contributed by atoms with van der Waals surface area (Å²) in [5.74, 6) is -1.70. The lowest BCUT2D eigenvalue weighted by atomic mass is 9.41. The quantitative estimate of drug-likeness (QED) is 0.450. The SMILES string of the molecule is CC1(C)O[C@@]23CCC4(C)[C@@]5(C)c6[nH]c7ccccc7c6CC5C[C@H](OCC(=O)NCCO)[C@@]4(O)C2=CC(=O)C1O3. The zero-order valence-electron chi connectivity index (χ0n) is 23.5. The summed E-state index contributed by atoms with van der Waals surface area (Å²) >= 11 is 0. The van der Waals surface area contributed by atoms with Gasteiger partial charge in [0.05, 0.1) is 12.7 Å². The second kappa shape index (κ2) is 8.26. The Morgan fingerprint density at radius 2 is 1.98 bits per heavy atom. The predicted octanol–water partition coefficient (Wildman–Crippen LogP) is 2.43. The van der Waals surface area contributed by atoms with Crippen molar-refractivity contribution in [2.24, 2.45) is 11.3 Å². The number of aromatic amines is 1. The number of carbonyl (C=O) groups excluding carboxylic acids is 2. The maximum atomic E-state index is 13.4.